The maximum absolute atomic E-state index is 5.99. The minimum atomic E-state index is 0.709. The smallest absolute Gasteiger partial charge is 0.0931 e. The van der Waals surface area contributed by atoms with Crippen LogP contribution >= 0.6 is 0 Å². The van der Waals surface area contributed by atoms with Crippen molar-refractivity contribution in [1.29, 1.82) is 0 Å². The van der Waals surface area contributed by atoms with Crippen LogP contribution in [-0.4, -0.2) is 33.3 Å². The van der Waals surface area contributed by atoms with E-state index in [-0.39, 0.29) is 0 Å². The van der Waals surface area contributed by atoms with Crippen LogP contribution in [0.3, 0.4) is 0 Å². The topological polar surface area (TPSA) is 60.0 Å². The van der Waals surface area contributed by atoms with Gasteiger partial charge in [0, 0.05) is 37.2 Å². The first-order valence-corrected chi connectivity index (χ1v) is 8.18. The van der Waals surface area contributed by atoms with Gasteiger partial charge in [0.05, 0.1) is 11.4 Å². The Morgan fingerprint density at radius 3 is 2.62 bits per heavy atom. The second-order valence-electron chi connectivity index (χ2n) is 6.00. The third-order valence-electron chi connectivity index (χ3n) is 4.01. The molecule has 0 saturated carbocycles. The molecule has 2 heterocycles. The van der Waals surface area contributed by atoms with Crippen molar-refractivity contribution < 1.29 is 0 Å². The Hall–Kier alpha value is -2.66. The largest absolute Gasteiger partial charge is 0.397 e. The predicted octanol–water partition coefficient (Wildman–Crippen LogP) is 3.05. The standard InChI is InChI=1S/C19H23N5/c1-23(12-4-14-24-13-3-11-22-24)15-16-6-8-17(9-7-16)19-18(20)5-2-10-21-19/h2-3,5-11,13H,4,12,14-15,20H2,1H3. The zero-order valence-corrected chi connectivity index (χ0v) is 14.0. The Morgan fingerprint density at radius 2 is 1.92 bits per heavy atom. The summed E-state index contributed by atoms with van der Waals surface area (Å²) in [5, 5.41) is 4.22. The molecule has 0 spiro atoms. The Balaban J connectivity index is 1.53. The second kappa shape index (κ2) is 7.75. The number of benzene rings is 1. The van der Waals surface area contributed by atoms with E-state index in [4.69, 9.17) is 5.73 Å². The molecule has 0 aliphatic heterocycles. The molecule has 0 fully saturated rings. The van der Waals surface area contributed by atoms with Crippen LogP contribution in [0.1, 0.15) is 12.0 Å². The van der Waals surface area contributed by atoms with Gasteiger partial charge in [-0.25, -0.2) is 0 Å². The Kier molecular flexibility index (Phi) is 5.23. The highest BCUT2D eigenvalue weighted by Crippen LogP contribution is 2.23. The molecule has 5 nitrogen and oxygen atoms in total. The number of hydrogen-bond acceptors (Lipinski definition) is 4. The second-order valence-corrected chi connectivity index (χ2v) is 6.00. The van der Waals surface area contributed by atoms with Crippen molar-refractivity contribution in [3.05, 3.63) is 66.6 Å². The summed E-state index contributed by atoms with van der Waals surface area (Å²) in [7, 11) is 2.15. The highest BCUT2D eigenvalue weighted by atomic mass is 15.3. The van der Waals surface area contributed by atoms with Crippen molar-refractivity contribution in [3.8, 4) is 11.3 Å². The molecule has 0 aliphatic rings. The van der Waals surface area contributed by atoms with E-state index in [1.807, 2.05) is 35.3 Å². The number of anilines is 1. The van der Waals surface area contributed by atoms with Crippen LogP contribution < -0.4 is 5.73 Å². The molecule has 124 valence electrons. The highest BCUT2D eigenvalue weighted by molar-refractivity contribution is 5.72. The van der Waals surface area contributed by atoms with E-state index >= 15 is 0 Å². The molecule has 1 aromatic carbocycles. The Bertz CT molecular complexity index is 750. The lowest BCUT2D eigenvalue weighted by molar-refractivity contribution is 0.311. The van der Waals surface area contributed by atoms with Gasteiger partial charge in [0.25, 0.3) is 0 Å². The number of aryl methyl sites for hydroxylation is 1. The van der Waals surface area contributed by atoms with Gasteiger partial charge in [0.2, 0.25) is 0 Å². The van der Waals surface area contributed by atoms with Crippen LogP contribution in [0.25, 0.3) is 11.3 Å². The quantitative estimate of drug-likeness (QED) is 0.726. The summed E-state index contributed by atoms with van der Waals surface area (Å²) < 4.78 is 1.97. The van der Waals surface area contributed by atoms with E-state index in [1.54, 1.807) is 6.20 Å². The molecular weight excluding hydrogens is 298 g/mol. The van der Waals surface area contributed by atoms with Crippen LogP contribution in [0, 0.1) is 0 Å². The van der Waals surface area contributed by atoms with Gasteiger partial charge in [-0.05, 0) is 43.8 Å². The molecule has 0 unspecified atom stereocenters. The molecule has 0 saturated heterocycles. The van der Waals surface area contributed by atoms with Crippen molar-refractivity contribution >= 4 is 5.69 Å². The number of nitrogens with two attached hydrogens (primary N) is 1. The number of rotatable bonds is 7. The summed E-state index contributed by atoms with van der Waals surface area (Å²) >= 11 is 0. The van der Waals surface area contributed by atoms with E-state index in [9.17, 15) is 0 Å². The molecule has 2 aromatic heterocycles. The monoisotopic (exact) mass is 321 g/mol. The molecule has 2 N–H and O–H groups in total. The summed E-state index contributed by atoms with van der Waals surface area (Å²) in [6.07, 6.45) is 6.68. The van der Waals surface area contributed by atoms with E-state index in [0.717, 1.165) is 37.3 Å². The van der Waals surface area contributed by atoms with Crippen molar-refractivity contribution in [1.82, 2.24) is 19.7 Å². The van der Waals surface area contributed by atoms with Crippen molar-refractivity contribution in [2.75, 3.05) is 19.3 Å². The van der Waals surface area contributed by atoms with Gasteiger partial charge < -0.3 is 10.6 Å². The fourth-order valence-corrected chi connectivity index (χ4v) is 2.75. The maximum Gasteiger partial charge on any atom is 0.0931 e. The van der Waals surface area contributed by atoms with Gasteiger partial charge in [-0.15, -0.1) is 0 Å². The predicted molar refractivity (Wildman–Crippen MR) is 97.3 cm³/mol. The van der Waals surface area contributed by atoms with Crippen LogP contribution in [0.5, 0.6) is 0 Å². The first-order chi connectivity index (χ1) is 11.7. The SMILES string of the molecule is CN(CCCn1cccn1)Cc1ccc(-c2ncccc2N)cc1. The fourth-order valence-electron chi connectivity index (χ4n) is 2.75. The van der Waals surface area contributed by atoms with Crippen molar-refractivity contribution in [2.45, 2.75) is 19.5 Å². The summed E-state index contributed by atoms with van der Waals surface area (Å²) in [5.41, 5.74) is 9.88. The third-order valence-corrected chi connectivity index (χ3v) is 4.01. The summed E-state index contributed by atoms with van der Waals surface area (Å²) in [4.78, 5) is 6.69. The fraction of sp³-hybridized carbons (Fsp3) is 0.263. The van der Waals surface area contributed by atoms with Gasteiger partial charge >= 0.3 is 0 Å². The Morgan fingerprint density at radius 1 is 1.08 bits per heavy atom. The minimum Gasteiger partial charge on any atom is -0.397 e. The van der Waals surface area contributed by atoms with Gasteiger partial charge in [-0.1, -0.05) is 24.3 Å². The van der Waals surface area contributed by atoms with Crippen LogP contribution in [-0.2, 0) is 13.1 Å². The van der Waals surface area contributed by atoms with Crippen LogP contribution in [0.4, 0.5) is 5.69 Å². The molecule has 0 atom stereocenters. The molecule has 0 amide bonds. The minimum absolute atomic E-state index is 0.709. The molecule has 24 heavy (non-hydrogen) atoms. The molecule has 0 bridgehead atoms. The van der Waals surface area contributed by atoms with E-state index in [0.29, 0.717) is 5.69 Å². The maximum atomic E-state index is 5.99. The summed E-state index contributed by atoms with van der Waals surface area (Å²) in [5.74, 6) is 0. The molecule has 5 heteroatoms. The lowest BCUT2D eigenvalue weighted by Crippen LogP contribution is -2.20. The van der Waals surface area contributed by atoms with Crippen molar-refractivity contribution in [2.24, 2.45) is 0 Å². The third kappa shape index (κ3) is 4.20. The van der Waals surface area contributed by atoms with E-state index in [2.05, 4.69) is 46.3 Å². The molecular formula is C19H23N5. The first kappa shape index (κ1) is 16.2. The number of nitrogen functional groups attached to an aromatic ring is 1. The first-order valence-electron chi connectivity index (χ1n) is 8.18. The highest BCUT2D eigenvalue weighted by Gasteiger charge is 2.05. The zero-order chi connectivity index (χ0) is 16.8. The average molecular weight is 321 g/mol. The normalized spacial score (nSPS) is 11.1. The van der Waals surface area contributed by atoms with Crippen LogP contribution in [0.15, 0.2) is 61.1 Å². The van der Waals surface area contributed by atoms with E-state index in [1.165, 1.54) is 5.56 Å². The zero-order valence-electron chi connectivity index (χ0n) is 14.0. The average Bonchev–Trinajstić information content (AvgIpc) is 3.10. The molecule has 0 aliphatic carbocycles. The van der Waals surface area contributed by atoms with Crippen LogP contribution in [0.2, 0.25) is 0 Å². The number of pyridine rings is 1. The number of hydrogen-bond donors (Lipinski definition) is 1. The molecule has 0 radical (unpaired) electrons. The van der Waals surface area contributed by atoms with Gasteiger partial charge in [0.15, 0.2) is 0 Å². The van der Waals surface area contributed by atoms with Gasteiger partial charge in [0.1, 0.15) is 0 Å². The number of nitrogens with zero attached hydrogens (tertiary/aromatic N) is 4. The summed E-state index contributed by atoms with van der Waals surface area (Å²) in [6, 6.07) is 14.2. The Labute approximate surface area is 142 Å². The van der Waals surface area contributed by atoms with Gasteiger partial charge in [-0.2, -0.15) is 5.10 Å². The lowest BCUT2D eigenvalue weighted by atomic mass is 10.1. The van der Waals surface area contributed by atoms with Crippen molar-refractivity contribution in [3.63, 3.8) is 0 Å². The molecule has 3 rings (SSSR count). The molecule has 3 aromatic rings. The summed E-state index contributed by atoms with van der Waals surface area (Å²) in [6.45, 7) is 2.92. The lowest BCUT2D eigenvalue weighted by Gasteiger charge is -2.17. The van der Waals surface area contributed by atoms with E-state index < -0.39 is 0 Å². The van der Waals surface area contributed by atoms with Gasteiger partial charge in [-0.3, -0.25) is 9.67 Å². The number of aromatic nitrogens is 3.